The van der Waals surface area contributed by atoms with Gasteiger partial charge in [-0.15, -0.1) is 0 Å². The summed E-state index contributed by atoms with van der Waals surface area (Å²) in [4.78, 5) is 12.0. The summed E-state index contributed by atoms with van der Waals surface area (Å²) < 4.78 is 29.1. The van der Waals surface area contributed by atoms with Crippen LogP contribution < -0.4 is 19.5 Å². The number of ether oxygens (including phenoxy) is 3. The summed E-state index contributed by atoms with van der Waals surface area (Å²) in [5.41, 5.74) is 0.963. The van der Waals surface area contributed by atoms with E-state index in [4.69, 9.17) is 14.2 Å². The molecule has 1 amide bonds. The first-order valence-corrected chi connectivity index (χ1v) is 9.06. The van der Waals surface area contributed by atoms with Gasteiger partial charge in [-0.1, -0.05) is 6.07 Å². The summed E-state index contributed by atoms with van der Waals surface area (Å²) >= 11 is 0. The minimum absolute atomic E-state index is 0.0395. The van der Waals surface area contributed by atoms with Crippen LogP contribution in [-0.4, -0.2) is 43.5 Å². The lowest BCUT2D eigenvalue weighted by Crippen LogP contribution is -2.39. The van der Waals surface area contributed by atoms with E-state index >= 15 is 0 Å². The van der Waals surface area contributed by atoms with E-state index in [1.54, 1.807) is 7.11 Å². The Labute approximate surface area is 164 Å². The Hall–Kier alpha value is -2.80. The van der Waals surface area contributed by atoms with Gasteiger partial charge in [0.2, 0.25) is 0 Å². The first kappa shape index (κ1) is 21.5. The van der Waals surface area contributed by atoms with Crippen LogP contribution in [0.4, 0.5) is 4.39 Å². The van der Waals surface area contributed by atoms with E-state index in [0.717, 1.165) is 5.56 Å². The average Bonchev–Trinajstić information content (AvgIpc) is 2.67. The van der Waals surface area contributed by atoms with Crippen LogP contribution in [-0.2, 0) is 11.2 Å². The standard InChI is InChI=1S/C21H26FNO5/c1-14(2)28-19-9-4-15(12-20(19)26-3)10-11-23-21(25)18(24)13-27-17-7-5-16(22)6-8-17/h4-9,12,14,18,24H,10-11,13H2,1-3H3,(H,23,25). The van der Waals surface area contributed by atoms with Gasteiger partial charge in [-0.05, 0) is 62.2 Å². The van der Waals surface area contributed by atoms with Crippen LogP contribution in [0.2, 0.25) is 0 Å². The third-order valence-electron chi connectivity index (χ3n) is 3.83. The van der Waals surface area contributed by atoms with Crippen molar-refractivity contribution in [3.8, 4) is 17.2 Å². The summed E-state index contributed by atoms with van der Waals surface area (Å²) in [7, 11) is 1.57. The number of carbonyl (C=O) groups is 1. The zero-order valence-corrected chi connectivity index (χ0v) is 16.3. The quantitative estimate of drug-likeness (QED) is 0.651. The maximum Gasteiger partial charge on any atom is 0.252 e. The van der Waals surface area contributed by atoms with Crippen LogP contribution in [0.3, 0.4) is 0 Å². The average molecular weight is 391 g/mol. The van der Waals surface area contributed by atoms with Crippen LogP contribution in [0.15, 0.2) is 42.5 Å². The maximum absolute atomic E-state index is 12.8. The van der Waals surface area contributed by atoms with Crippen molar-refractivity contribution in [1.82, 2.24) is 5.32 Å². The predicted molar refractivity (Wildman–Crippen MR) is 103 cm³/mol. The minimum Gasteiger partial charge on any atom is -0.493 e. The number of amides is 1. The summed E-state index contributed by atoms with van der Waals surface area (Å²) in [5.74, 6) is 0.757. The van der Waals surface area contributed by atoms with E-state index in [1.807, 2.05) is 32.0 Å². The van der Waals surface area contributed by atoms with Crippen LogP contribution in [0.25, 0.3) is 0 Å². The van der Waals surface area contributed by atoms with Crippen LogP contribution in [0, 0.1) is 5.82 Å². The Morgan fingerprint density at radius 1 is 1.14 bits per heavy atom. The van der Waals surface area contributed by atoms with E-state index in [2.05, 4.69) is 5.32 Å². The van der Waals surface area contributed by atoms with Crippen molar-refractivity contribution in [3.05, 3.63) is 53.8 Å². The summed E-state index contributed by atoms with van der Waals surface area (Å²) in [5, 5.41) is 12.5. The van der Waals surface area contributed by atoms with Crippen molar-refractivity contribution in [2.75, 3.05) is 20.3 Å². The highest BCUT2D eigenvalue weighted by Gasteiger charge is 2.15. The number of aliphatic hydroxyl groups excluding tert-OH is 1. The number of aliphatic hydroxyl groups is 1. The molecule has 0 spiro atoms. The highest BCUT2D eigenvalue weighted by Crippen LogP contribution is 2.29. The number of benzene rings is 2. The van der Waals surface area contributed by atoms with Crippen LogP contribution in [0.1, 0.15) is 19.4 Å². The molecule has 0 saturated carbocycles. The van der Waals surface area contributed by atoms with E-state index in [9.17, 15) is 14.3 Å². The molecule has 1 unspecified atom stereocenters. The molecule has 0 heterocycles. The largest absolute Gasteiger partial charge is 0.493 e. The summed E-state index contributed by atoms with van der Waals surface area (Å²) in [6.45, 7) is 4.01. The molecule has 2 aromatic rings. The normalized spacial score (nSPS) is 11.8. The molecule has 7 heteroatoms. The lowest BCUT2D eigenvalue weighted by molar-refractivity contribution is -0.130. The zero-order valence-electron chi connectivity index (χ0n) is 16.3. The van der Waals surface area contributed by atoms with Crippen LogP contribution >= 0.6 is 0 Å². The predicted octanol–water partition coefficient (Wildman–Crippen LogP) is 2.72. The minimum atomic E-state index is -1.32. The molecule has 2 rings (SSSR count). The van der Waals surface area contributed by atoms with E-state index in [-0.39, 0.29) is 18.5 Å². The molecule has 152 valence electrons. The fraction of sp³-hybridized carbons (Fsp3) is 0.381. The molecule has 0 fully saturated rings. The van der Waals surface area contributed by atoms with E-state index in [1.165, 1.54) is 24.3 Å². The highest BCUT2D eigenvalue weighted by atomic mass is 19.1. The SMILES string of the molecule is COc1cc(CCNC(=O)C(O)COc2ccc(F)cc2)ccc1OC(C)C. The summed E-state index contributed by atoms with van der Waals surface area (Å²) in [6, 6.07) is 10.9. The Kier molecular flexibility index (Phi) is 8.07. The number of rotatable bonds is 10. The highest BCUT2D eigenvalue weighted by molar-refractivity contribution is 5.80. The number of carbonyl (C=O) groups excluding carboxylic acids is 1. The molecule has 0 aliphatic carbocycles. The second-order valence-electron chi connectivity index (χ2n) is 6.47. The molecule has 2 aromatic carbocycles. The molecule has 2 N–H and O–H groups in total. The van der Waals surface area contributed by atoms with Gasteiger partial charge in [-0.25, -0.2) is 4.39 Å². The van der Waals surface area contributed by atoms with Crippen molar-refractivity contribution in [3.63, 3.8) is 0 Å². The molecule has 6 nitrogen and oxygen atoms in total. The number of halogens is 1. The fourth-order valence-electron chi connectivity index (χ4n) is 2.45. The fourth-order valence-corrected chi connectivity index (χ4v) is 2.45. The van der Waals surface area contributed by atoms with E-state index in [0.29, 0.717) is 30.2 Å². The number of methoxy groups -OCH3 is 1. The van der Waals surface area contributed by atoms with Crippen molar-refractivity contribution in [2.45, 2.75) is 32.5 Å². The monoisotopic (exact) mass is 391 g/mol. The third-order valence-corrected chi connectivity index (χ3v) is 3.83. The van der Waals surface area contributed by atoms with Crippen LogP contribution in [0.5, 0.6) is 17.2 Å². The first-order chi connectivity index (χ1) is 13.4. The van der Waals surface area contributed by atoms with Crippen molar-refractivity contribution in [2.24, 2.45) is 0 Å². The topological polar surface area (TPSA) is 77.0 Å². The molecule has 0 aromatic heterocycles. The van der Waals surface area contributed by atoms with Gasteiger partial charge in [0.1, 0.15) is 18.2 Å². The Balaban J connectivity index is 1.78. The molecule has 0 bridgehead atoms. The van der Waals surface area contributed by atoms with Gasteiger partial charge in [-0.3, -0.25) is 4.79 Å². The lowest BCUT2D eigenvalue weighted by atomic mass is 10.1. The summed E-state index contributed by atoms with van der Waals surface area (Å²) in [6.07, 6.45) is -0.714. The molecule has 0 aliphatic rings. The van der Waals surface area contributed by atoms with E-state index < -0.39 is 12.0 Å². The molecule has 28 heavy (non-hydrogen) atoms. The first-order valence-electron chi connectivity index (χ1n) is 9.06. The molecule has 0 radical (unpaired) electrons. The van der Waals surface area contributed by atoms with Gasteiger partial charge < -0.3 is 24.6 Å². The van der Waals surface area contributed by atoms with Gasteiger partial charge in [0.15, 0.2) is 17.6 Å². The van der Waals surface area contributed by atoms with Crippen molar-refractivity contribution in [1.29, 1.82) is 0 Å². The Morgan fingerprint density at radius 3 is 2.50 bits per heavy atom. The molecule has 0 aliphatic heterocycles. The molecular formula is C21H26FNO5. The van der Waals surface area contributed by atoms with Gasteiger partial charge in [0.05, 0.1) is 13.2 Å². The van der Waals surface area contributed by atoms with Gasteiger partial charge in [0, 0.05) is 6.54 Å². The third kappa shape index (κ3) is 6.74. The lowest BCUT2D eigenvalue weighted by Gasteiger charge is -2.15. The molecule has 0 saturated heterocycles. The molecule has 1 atom stereocenters. The number of hydrogen-bond acceptors (Lipinski definition) is 5. The maximum atomic E-state index is 12.8. The Morgan fingerprint density at radius 2 is 1.86 bits per heavy atom. The van der Waals surface area contributed by atoms with Gasteiger partial charge in [-0.2, -0.15) is 0 Å². The smallest absolute Gasteiger partial charge is 0.252 e. The second-order valence-corrected chi connectivity index (χ2v) is 6.47. The zero-order chi connectivity index (χ0) is 20.5. The number of nitrogens with one attached hydrogen (secondary N) is 1. The van der Waals surface area contributed by atoms with Crippen molar-refractivity contribution >= 4 is 5.91 Å². The van der Waals surface area contributed by atoms with Gasteiger partial charge in [0.25, 0.3) is 5.91 Å². The molecular weight excluding hydrogens is 365 g/mol. The van der Waals surface area contributed by atoms with Crippen molar-refractivity contribution < 1.29 is 28.5 Å². The van der Waals surface area contributed by atoms with Gasteiger partial charge >= 0.3 is 0 Å². The second kappa shape index (κ2) is 10.5. The Bertz CT molecular complexity index is 764. The number of hydrogen-bond donors (Lipinski definition) is 2.